The molecular formula is C12H18FN3O4S. The summed E-state index contributed by atoms with van der Waals surface area (Å²) in [6.45, 7) is 0.563. The van der Waals surface area contributed by atoms with E-state index < -0.39 is 20.7 Å². The Morgan fingerprint density at radius 1 is 1.38 bits per heavy atom. The van der Waals surface area contributed by atoms with Crippen LogP contribution in [0.15, 0.2) is 23.1 Å². The van der Waals surface area contributed by atoms with E-state index in [4.69, 9.17) is 10.5 Å². The van der Waals surface area contributed by atoms with Crippen LogP contribution in [-0.4, -0.2) is 41.1 Å². The van der Waals surface area contributed by atoms with Gasteiger partial charge in [0.05, 0.1) is 6.61 Å². The van der Waals surface area contributed by atoms with Gasteiger partial charge in [0.25, 0.3) is 0 Å². The molecule has 0 heterocycles. The van der Waals surface area contributed by atoms with Crippen LogP contribution in [0.2, 0.25) is 0 Å². The number of nitrogen functional groups attached to an aromatic ring is 1. The molecule has 21 heavy (non-hydrogen) atoms. The van der Waals surface area contributed by atoms with Gasteiger partial charge in [0.2, 0.25) is 15.9 Å². The smallest absolute Gasteiger partial charge is 0.243 e. The molecule has 0 aliphatic heterocycles. The van der Waals surface area contributed by atoms with Crippen LogP contribution < -0.4 is 15.8 Å². The average molecular weight is 319 g/mol. The molecule has 9 heteroatoms. The van der Waals surface area contributed by atoms with E-state index in [-0.39, 0.29) is 24.6 Å². The van der Waals surface area contributed by atoms with Crippen molar-refractivity contribution in [1.29, 1.82) is 0 Å². The normalized spacial score (nSPS) is 11.3. The summed E-state index contributed by atoms with van der Waals surface area (Å²) < 4.78 is 44.2. The zero-order valence-electron chi connectivity index (χ0n) is 11.6. The number of nitrogens with one attached hydrogen (secondary N) is 2. The first-order chi connectivity index (χ1) is 9.86. The second-order valence-electron chi connectivity index (χ2n) is 4.18. The maximum atomic E-state index is 13.5. The minimum atomic E-state index is -4.04. The molecule has 0 radical (unpaired) electrons. The third kappa shape index (κ3) is 5.66. The van der Waals surface area contributed by atoms with E-state index in [1.807, 2.05) is 0 Å². The molecule has 0 fully saturated rings. The van der Waals surface area contributed by atoms with Gasteiger partial charge in [-0.15, -0.1) is 0 Å². The molecule has 0 aromatic heterocycles. The van der Waals surface area contributed by atoms with Crippen molar-refractivity contribution in [3.63, 3.8) is 0 Å². The van der Waals surface area contributed by atoms with Gasteiger partial charge in [-0.1, -0.05) is 0 Å². The zero-order chi connectivity index (χ0) is 15.9. The number of carbonyl (C=O) groups is 1. The molecule has 1 amide bonds. The maximum absolute atomic E-state index is 13.5. The number of rotatable bonds is 8. The zero-order valence-corrected chi connectivity index (χ0v) is 12.4. The summed E-state index contributed by atoms with van der Waals surface area (Å²) in [5.74, 6) is -1.23. The summed E-state index contributed by atoms with van der Waals surface area (Å²) in [7, 11) is -2.54. The van der Waals surface area contributed by atoms with Crippen molar-refractivity contribution < 1.29 is 22.3 Å². The molecule has 4 N–H and O–H groups in total. The fourth-order valence-corrected chi connectivity index (χ4v) is 2.63. The van der Waals surface area contributed by atoms with Crippen molar-refractivity contribution in [3.8, 4) is 0 Å². The number of carbonyl (C=O) groups excluding carboxylic acids is 1. The van der Waals surface area contributed by atoms with Gasteiger partial charge in [-0.3, -0.25) is 4.79 Å². The minimum absolute atomic E-state index is 0.0626. The number of methoxy groups -OCH3 is 1. The molecule has 0 saturated carbocycles. The lowest BCUT2D eigenvalue weighted by Gasteiger charge is -2.08. The predicted molar refractivity (Wildman–Crippen MR) is 75.5 cm³/mol. The average Bonchev–Trinajstić information content (AvgIpc) is 2.41. The lowest BCUT2D eigenvalue weighted by atomic mass is 10.3. The summed E-state index contributed by atoms with van der Waals surface area (Å²) in [6, 6.07) is 3.26. The van der Waals surface area contributed by atoms with Crippen molar-refractivity contribution in [2.75, 3.05) is 32.5 Å². The highest BCUT2D eigenvalue weighted by atomic mass is 32.2. The summed E-state index contributed by atoms with van der Waals surface area (Å²) in [6.07, 6.45) is -0.0626. The Balaban J connectivity index is 2.54. The number of nitrogens with two attached hydrogens (primary N) is 1. The van der Waals surface area contributed by atoms with Crippen LogP contribution in [-0.2, 0) is 19.6 Å². The van der Waals surface area contributed by atoms with E-state index in [9.17, 15) is 17.6 Å². The molecule has 0 spiro atoms. The second-order valence-corrected chi connectivity index (χ2v) is 5.92. The molecule has 0 bridgehead atoms. The lowest BCUT2D eigenvalue weighted by molar-refractivity contribution is -0.121. The highest BCUT2D eigenvalue weighted by Crippen LogP contribution is 2.17. The fraction of sp³-hybridized carbons (Fsp3) is 0.417. The van der Waals surface area contributed by atoms with Crippen molar-refractivity contribution in [3.05, 3.63) is 24.0 Å². The van der Waals surface area contributed by atoms with Crippen LogP contribution >= 0.6 is 0 Å². The monoisotopic (exact) mass is 319 g/mol. The van der Waals surface area contributed by atoms with Crippen molar-refractivity contribution in [1.82, 2.24) is 10.0 Å². The highest BCUT2D eigenvalue weighted by Gasteiger charge is 2.19. The third-order valence-electron chi connectivity index (χ3n) is 2.52. The van der Waals surface area contributed by atoms with E-state index in [0.717, 1.165) is 12.1 Å². The number of amides is 1. The first kappa shape index (κ1) is 17.3. The number of halogens is 1. The van der Waals surface area contributed by atoms with Crippen LogP contribution in [0.25, 0.3) is 0 Å². The summed E-state index contributed by atoms with van der Waals surface area (Å²) in [5, 5.41) is 2.54. The molecule has 1 aromatic rings. The van der Waals surface area contributed by atoms with Gasteiger partial charge in [0.1, 0.15) is 10.7 Å². The van der Waals surface area contributed by atoms with Gasteiger partial charge in [-0.05, 0) is 18.2 Å². The van der Waals surface area contributed by atoms with Gasteiger partial charge >= 0.3 is 0 Å². The number of sulfonamides is 1. The van der Waals surface area contributed by atoms with Crippen LogP contribution in [0.1, 0.15) is 6.42 Å². The minimum Gasteiger partial charge on any atom is -0.399 e. The third-order valence-corrected chi connectivity index (χ3v) is 3.99. The van der Waals surface area contributed by atoms with Crippen LogP contribution in [0, 0.1) is 5.82 Å². The van der Waals surface area contributed by atoms with Gasteiger partial charge in [-0.25, -0.2) is 17.5 Å². The second kappa shape index (κ2) is 7.91. The van der Waals surface area contributed by atoms with Crippen LogP contribution in [0.4, 0.5) is 10.1 Å². The highest BCUT2D eigenvalue weighted by molar-refractivity contribution is 7.89. The number of anilines is 1. The van der Waals surface area contributed by atoms with E-state index in [1.54, 1.807) is 0 Å². The van der Waals surface area contributed by atoms with E-state index >= 15 is 0 Å². The maximum Gasteiger partial charge on any atom is 0.243 e. The summed E-state index contributed by atoms with van der Waals surface area (Å²) in [4.78, 5) is 10.8. The van der Waals surface area contributed by atoms with Gasteiger partial charge in [0, 0.05) is 32.3 Å². The van der Waals surface area contributed by atoms with Gasteiger partial charge in [0.15, 0.2) is 0 Å². The Morgan fingerprint density at radius 2 is 2.10 bits per heavy atom. The largest absolute Gasteiger partial charge is 0.399 e. The molecule has 0 unspecified atom stereocenters. The predicted octanol–water partition coefficient (Wildman–Crippen LogP) is -0.161. The molecular weight excluding hydrogens is 301 g/mol. The van der Waals surface area contributed by atoms with Gasteiger partial charge < -0.3 is 15.8 Å². The topological polar surface area (TPSA) is 111 Å². The molecule has 1 rings (SSSR count). The van der Waals surface area contributed by atoms with E-state index in [2.05, 4.69) is 10.0 Å². The summed E-state index contributed by atoms with van der Waals surface area (Å²) in [5.41, 5.74) is 5.57. The number of hydrogen-bond acceptors (Lipinski definition) is 5. The fourth-order valence-electron chi connectivity index (χ4n) is 1.48. The first-order valence-corrected chi connectivity index (χ1v) is 7.65. The standard InChI is InChI=1S/C12H18FN3O4S/c1-20-7-6-15-12(17)4-5-16-21(18,19)11-8-9(14)2-3-10(11)13/h2-3,8,16H,4-7,14H2,1H3,(H,15,17). The first-order valence-electron chi connectivity index (χ1n) is 6.17. The Labute approximate surface area is 122 Å². The molecule has 0 aliphatic rings. The molecule has 0 saturated heterocycles. The number of benzene rings is 1. The Bertz CT molecular complexity index is 592. The van der Waals surface area contributed by atoms with E-state index in [0.29, 0.717) is 13.2 Å². The number of hydrogen-bond donors (Lipinski definition) is 3. The Hall–Kier alpha value is -1.71. The lowest BCUT2D eigenvalue weighted by Crippen LogP contribution is -2.32. The quantitative estimate of drug-likeness (QED) is 0.455. The Morgan fingerprint density at radius 3 is 2.76 bits per heavy atom. The van der Waals surface area contributed by atoms with Crippen LogP contribution in [0.5, 0.6) is 0 Å². The number of ether oxygens (including phenoxy) is 1. The molecule has 0 aliphatic carbocycles. The van der Waals surface area contributed by atoms with Gasteiger partial charge in [-0.2, -0.15) is 0 Å². The van der Waals surface area contributed by atoms with Crippen molar-refractivity contribution in [2.45, 2.75) is 11.3 Å². The summed E-state index contributed by atoms with van der Waals surface area (Å²) >= 11 is 0. The van der Waals surface area contributed by atoms with Crippen LogP contribution in [0.3, 0.4) is 0 Å². The van der Waals surface area contributed by atoms with Crippen molar-refractivity contribution >= 4 is 21.6 Å². The SMILES string of the molecule is COCCNC(=O)CCNS(=O)(=O)c1cc(N)ccc1F. The Kier molecular flexibility index (Phi) is 6.53. The van der Waals surface area contributed by atoms with Crippen molar-refractivity contribution in [2.24, 2.45) is 0 Å². The molecule has 118 valence electrons. The molecule has 7 nitrogen and oxygen atoms in total. The van der Waals surface area contributed by atoms with E-state index in [1.165, 1.54) is 13.2 Å². The molecule has 1 aromatic carbocycles. The molecule has 0 atom stereocenters.